The average molecular weight is 340 g/mol. The zero-order valence-electron chi connectivity index (χ0n) is 13.4. The summed E-state index contributed by atoms with van der Waals surface area (Å²) in [6.45, 7) is 2.36. The standard InChI is InChI=1S/C16H17BN4O4/c22-10-13-9-12(1-2-14(13)17(24)25)16(23)21-7-5-20(6-8-21)15-3-4-18-11-19-15/h1-4,9-11,24-25H,5-8H2. The third kappa shape index (κ3) is 3.67. The van der Waals surface area contributed by atoms with Crippen LogP contribution < -0.4 is 10.4 Å². The summed E-state index contributed by atoms with van der Waals surface area (Å²) in [7, 11) is -1.75. The molecule has 3 rings (SSSR count). The van der Waals surface area contributed by atoms with Crippen LogP contribution >= 0.6 is 0 Å². The van der Waals surface area contributed by atoms with E-state index in [0.717, 1.165) is 5.82 Å². The van der Waals surface area contributed by atoms with Gasteiger partial charge in [-0.05, 0) is 23.7 Å². The molecule has 0 radical (unpaired) electrons. The van der Waals surface area contributed by atoms with E-state index in [9.17, 15) is 19.6 Å². The minimum atomic E-state index is -1.75. The van der Waals surface area contributed by atoms with Crippen molar-refractivity contribution in [3.8, 4) is 0 Å². The van der Waals surface area contributed by atoms with Gasteiger partial charge in [0.2, 0.25) is 0 Å². The third-order valence-corrected chi connectivity index (χ3v) is 4.20. The van der Waals surface area contributed by atoms with E-state index >= 15 is 0 Å². The molecular weight excluding hydrogens is 323 g/mol. The first-order valence-electron chi connectivity index (χ1n) is 7.85. The van der Waals surface area contributed by atoms with Crippen LogP contribution in [0.5, 0.6) is 0 Å². The molecule has 0 saturated carbocycles. The van der Waals surface area contributed by atoms with E-state index in [0.29, 0.717) is 38.0 Å². The highest BCUT2D eigenvalue weighted by Gasteiger charge is 2.24. The number of aldehydes is 1. The normalized spacial score (nSPS) is 14.3. The van der Waals surface area contributed by atoms with E-state index in [2.05, 4.69) is 14.9 Å². The summed E-state index contributed by atoms with van der Waals surface area (Å²) in [4.78, 5) is 35.6. The number of benzene rings is 1. The van der Waals surface area contributed by atoms with E-state index < -0.39 is 7.12 Å². The SMILES string of the molecule is O=Cc1cc(C(=O)N2CCN(c3ccncn3)CC2)ccc1B(O)O. The Balaban J connectivity index is 1.69. The Morgan fingerprint density at radius 1 is 1.16 bits per heavy atom. The smallest absolute Gasteiger partial charge is 0.423 e. The summed E-state index contributed by atoms with van der Waals surface area (Å²) in [6.07, 6.45) is 3.68. The van der Waals surface area contributed by atoms with Crippen LogP contribution in [-0.2, 0) is 0 Å². The monoisotopic (exact) mass is 340 g/mol. The summed E-state index contributed by atoms with van der Waals surface area (Å²) >= 11 is 0. The van der Waals surface area contributed by atoms with E-state index in [-0.39, 0.29) is 16.9 Å². The molecule has 2 N–H and O–H groups in total. The van der Waals surface area contributed by atoms with Crippen molar-refractivity contribution in [2.45, 2.75) is 0 Å². The van der Waals surface area contributed by atoms with Gasteiger partial charge >= 0.3 is 7.12 Å². The number of hydrogen-bond donors (Lipinski definition) is 2. The lowest BCUT2D eigenvalue weighted by molar-refractivity contribution is 0.0746. The maximum absolute atomic E-state index is 12.6. The number of hydrogen-bond acceptors (Lipinski definition) is 7. The molecular formula is C16H17BN4O4. The van der Waals surface area contributed by atoms with Crippen molar-refractivity contribution >= 4 is 30.6 Å². The molecule has 2 aromatic rings. The van der Waals surface area contributed by atoms with Crippen LogP contribution in [0.15, 0.2) is 36.8 Å². The first-order chi connectivity index (χ1) is 12.1. The predicted molar refractivity (Wildman–Crippen MR) is 91.8 cm³/mol. The summed E-state index contributed by atoms with van der Waals surface area (Å²) < 4.78 is 0. The highest BCUT2D eigenvalue weighted by Crippen LogP contribution is 2.14. The zero-order chi connectivity index (χ0) is 17.8. The molecule has 8 nitrogen and oxygen atoms in total. The fourth-order valence-electron chi connectivity index (χ4n) is 2.84. The van der Waals surface area contributed by atoms with Crippen LogP contribution in [-0.4, -0.2) is 70.4 Å². The maximum Gasteiger partial charge on any atom is 0.489 e. The minimum Gasteiger partial charge on any atom is -0.423 e. The molecule has 1 aromatic heterocycles. The van der Waals surface area contributed by atoms with E-state index in [1.165, 1.54) is 24.5 Å². The Bertz CT molecular complexity index is 764. The van der Waals surface area contributed by atoms with Gasteiger partial charge in [-0.3, -0.25) is 9.59 Å². The number of carbonyl (C=O) groups excluding carboxylic acids is 2. The number of piperazine rings is 1. The van der Waals surface area contributed by atoms with E-state index in [1.54, 1.807) is 11.1 Å². The van der Waals surface area contributed by atoms with E-state index in [1.807, 2.05) is 6.07 Å². The van der Waals surface area contributed by atoms with Gasteiger partial charge in [0.1, 0.15) is 18.4 Å². The summed E-state index contributed by atoms with van der Waals surface area (Å²) in [5.41, 5.74) is 0.530. The molecule has 2 heterocycles. The average Bonchev–Trinajstić information content (AvgIpc) is 2.67. The van der Waals surface area contributed by atoms with Gasteiger partial charge in [0.25, 0.3) is 5.91 Å². The van der Waals surface area contributed by atoms with Gasteiger partial charge in [-0.2, -0.15) is 0 Å². The Labute approximate surface area is 144 Å². The molecule has 0 unspecified atom stereocenters. The van der Waals surface area contributed by atoms with Crippen LogP contribution in [0.1, 0.15) is 20.7 Å². The van der Waals surface area contributed by atoms with E-state index in [4.69, 9.17) is 0 Å². The molecule has 128 valence electrons. The lowest BCUT2D eigenvalue weighted by Crippen LogP contribution is -2.49. The molecule has 1 aromatic carbocycles. The number of nitrogens with zero attached hydrogens (tertiary/aromatic N) is 4. The van der Waals surface area contributed by atoms with Gasteiger partial charge in [0.15, 0.2) is 0 Å². The first-order valence-corrected chi connectivity index (χ1v) is 7.85. The Kier molecular flexibility index (Phi) is 5.06. The van der Waals surface area contributed by atoms with Crippen molar-refractivity contribution in [2.24, 2.45) is 0 Å². The largest absolute Gasteiger partial charge is 0.489 e. The molecule has 25 heavy (non-hydrogen) atoms. The fraction of sp³-hybridized carbons (Fsp3) is 0.250. The topological polar surface area (TPSA) is 107 Å². The molecule has 1 fully saturated rings. The van der Waals surface area contributed by atoms with Crippen molar-refractivity contribution < 1.29 is 19.6 Å². The van der Waals surface area contributed by atoms with Crippen molar-refractivity contribution in [3.63, 3.8) is 0 Å². The maximum atomic E-state index is 12.6. The lowest BCUT2D eigenvalue weighted by atomic mass is 9.77. The molecule has 0 bridgehead atoms. The molecule has 9 heteroatoms. The summed E-state index contributed by atoms with van der Waals surface area (Å²) in [5, 5.41) is 18.5. The predicted octanol–water partition coefficient (Wildman–Crippen LogP) is -1.07. The summed E-state index contributed by atoms with van der Waals surface area (Å²) in [6, 6.07) is 6.10. The Morgan fingerprint density at radius 3 is 2.52 bits per heavy atom. The third-order valence-electron chi connectivity index (χ3n) is 4.20. The number of rotatable bonds is 4. The molecule has 1 aliphatic rings. The molecule has 0 spiro atoms. The molecule has 1 aliphatic heterocycles. The van der Waals surface area contributed by atoms with Crippen LogP contribution in [0.2, 0.25) is 0 Å². The highest BCUT2D eigenvalue weighted by molar-refractivity contribution is 6.60. The highest BCUT2D eigenvalue weighted by atomic mass is 16.4. The molecule has 1 amide bonds. The number of aromatic nitrogens is 2. The van der Waals surface area contributed by atoms with Crippen molar-refractivity contribution in [2.75, 3.05) is 31.1 Å². The number of anilines is 1. The van der Waals surface area contributed by atoms with Crippen LogP contribution in [0.4, 0.5) is 5.82 Å². The van der Waals surface area contributed by atoms with Crippen LogP contribution in [0.25, 0.3) is 0 Å². The quantitative estimate of drug-likeness (QED) is 0.539. The minimum absolute atomic E-state index is 0.0835. The second-order valence-electron chi connectivity index (χ2n) is 5.68. The van der Waals surface area contributed by atoms with Crippen LogP contribution in [0, 0.1) is 0 Å². The van der Waals surface area contributed by atoms with Gasteiger partial charge in [-0.25, -0.2) is 9.97 Å². The second-order valence-corrected chi connectivity index (χ2v) is 5.68. The first kappa shape index (κ1) is 17.1. The molecule has 0 atom stereocenters. The molecule has 0 aliphatic carbocycles. The fourth-order valence-corrected chi connectivity index (χ4v) is 2.84. The van der Waals surface area contributed by atoms with Gasteiger partial charge in [0.05, 0.1) is 0 Å². The van der Waals surface area contributed by atoms with Gasteiger partial charge in [-0.1, -0.05) is 6.07 Å². The second kappa shape index (κ2) is 7.41. The molecule has 1 saturated heterocycles. The van der Waals surface area contributed by atoms with Gasteiger partial charge < -0.3 is 19.8 Å². The summed E-state index contributed by atoms with van der Waals surface area (Å²) in [5.74, 6) is 0.635. The van der Waals surface area contributed by atoms with Gasteiger partial charge in [0, 0.05) is 43.5 Å². The van der Waals surface area contributed by atoms with Crippen molar-refractivity contribution in [1.29, 1.82) is 0 Å². The number of amides is 1. The van der Waals surface area contributed by atoms with Crippen LogP contribution in [0.3, 0.4) is 0 Å². The van der Waals surface area contributed by atoms with Gasteiger partial charge in [-0.15, -0.1) is 0 Å². The Morgan fingerprint density at radius 2 is 1.92 bits per heavy atom. The lowest BCUT2D eigenvalue weighted by Gasteiger charge is -2.35. The Hall–Kier alpha value is -2.78. The number of carbonyl (C=O) groups is 2. The zero-order valence-corrected chi connectivity index (χ0v) is 13.4. The van der Waals surface area contributed by atoms with Crippen molar-refractivity contribution in [1.82, 2.24) is 14.9 Å². The van der Waals surface area contributed by atoms with Crippen molar-refractivity contribution in [3.05, 3.63) is 47.9 Å².